The van der Waals surface area contributed by atoms with Crippen LogP contribution in [0, 0.1) is 0 Å². The fourth-order valence-electron chi connectivity index (χ4n) is 2.50. The first-order valence-corrected chi connectivity index (χ1v) is 7.10. The van der Waals surface area contributed by atoms with Crippen LogP contribution in [0.25, 0.3) is 0 Å². The van der Waals surface area contributed by atoms with Crippen molar-refractivity contribution in [2.45, 2.75) is 12.5 Å². The number of rotatable bonds is 3. The highest BCUT2D eigenvalue weighted by Crippen LogP contribution is 2.30. The smallest absolute Gasteiger partial charge is 0.122 e. The number of pyridine rings is 1. The second-order valence-electron chi connectivity index (χ2n) is 4.62. The summed E-state index contributed by atoms with van der Waals surface area (Å²) in [4.78, 5) is 4.24. The van der Waals surface area contributed by atoms with E-state index in [1.807, 2.05) is 13.2 Å². The second kappa shape index (κ2) is 5.31. The van der Waals surface area contributed by atoms with E-state index >= 15 is 0 Å². The number of benzene rings is 1. The van der Waals surface area contributed by atoms with Gasteiger partial charge in [-0.3, -0.25) is 4.98 Å². The molecule has 0 radical (unpaired) electrons. The molecule has 1 atom stereocenters. The minimum absolute atomic E-state index is 0.149. The Bertz CT molecular complexity index is 600. The summed E-state index contributed by atoms with van der Waals surface area (Å²) in [5, 5.41) is 3.35. The Hall–Kier alpha value is -1.39. The van der Waals surface area contributed by atoms with Gasteiger partial charge in [0.1, 0.15) is 5.75 Å². The lowest BCUT2D eigenvalue weighted by Gasteiger charge is -2.17. The molecule has 1 aliphatic rings. The highest BCUT2D eigenvalue weighted by atomic mass is 79.9. The average molecular weight is 319 g/mol. The predicted molar refractivity (Wildman–Crippen MR) is 78.5 cm³/mol. The SMILES string of the molecule is CNC(c1cncc(Br)c1)c1ccc2c(c1)CCO2. The Morgan fingerprint density at radius 2 is 2.16 bits per heavy atom. The van der Waals surface area contributed by atoms with Gasteiger partial charge in [0.25, 0.3) is 0 Å². The number of ether oxygens (including phenoxy) is 1. The van der Waals surface area contributed by atoms with Gasteiger partial charge in [0.15, 0.2) is 0 Å². The van der Waals surface area contributed by atoms with Gasteiger partial charge in [-0.05, 0) is 51.8 Å². The molecule has 1 unspecified atom stereocenters. The number of nitrogens with zero attached hydrogens (tertiary/aromatic N) is 1. The lowest BCUT2D eigenvalue weighted by atomic mass is 9.98. The molecule has 0 fully saturated rings. The first-order chi connectivity index (χ1) is 9.28. The van der Waals surface area contributed by atoms with Crippen LogP contribution in [0.3, 0.4) is 0 Å². The second-order valence-corrected chi connectivity index (χ2v) is 5.54. The Labute approximate surface area is 121 Å². The van der Waals surface area contributed by atoms with Gasteiger partial charge >= 0.3 is 0 Å². The number of hydrogen-bond acceptors (Lipinski definition) is 3. The number of fused-ring (bicyclic) bond motifs is 1. The summed E-state index contributed by atoms with van der Waals surface area (Å²) in [6, 6.07) is 8.65. The van der Waals surface area contributed by atoms with E-state index in [1.54, 1.807) is 6.20 Å². The van der Waals surface area contributed by atoms with Crippen LogP contribution in [0.15, 0.2) is 41.1 Å². The van der Waals surface area contributed by atoms with E-state index in [1.165, 1.54) is 11.1 Å². The molecule has 3 nitrogen and oxygen atoms in total. The number of hydrogen-bond donors (Lipinski definition) is 1. The van der Waals surface area contributed by atoms with Gasteiger partial charge in [-0.1, -0.05) is 12.1 Å². The number of halogens is 1. The van der Waals surface area contributed by atoms with E-state index in [0.717, 1.165) is 28.8 Å². The first-order valence-electron chi connectivity index (χ1n) is 6.31. The maximum atomic E-state index is 5.55. The van der Waals surface area contributed by atoms with Gasteiger partial charge in [0.05, 0.1) is 12.6 Å². The zero-order valence-corrected chi connectivity index (χ0v) is 12.3. The maximum absolute atomic E-state index is 5.55. The molecule has 1 aliphatic heterocycles. The van der Waals surface area contributed by atoms with Crippen LogP contribution in [0.2, 0.25) is 0 Å². The molecule has 0 saturated heterocycles. The first kappa shape index (κ1) is 12.6. The summed E-state index contributed by atoms with van der Waals surface area (Å²) in [5.41, 5.74) is 3.68. The van der Waals surface area contributed by atoms with E-state index in [9.17, 15) is 0 Å². The summed E-state index contributed by atoms with van der Waals surface area (Å²) < 4.78 is 6.55. The van der Waals surface area contributed by atoms with Gasteiger partial charge in [-0.25, -0.2) is 0 Å². The molecule has 0 aliphatic carbocycles. The quantitative estimate of drug-likeness (QED) is 0.944. The topological polar surface area (TPSA) is 34.2 Å². The maximum Gasteiger partial charge on any atom is 0.122 e. The van der Waals surface area contributed by atoms with Crippen molar-refractivity contribution in [3.63, 3.8) is 0 Å². The predicted octanol–water partition coefficient (Wildman–Crippen LogP) is 3.09. The minimum Gasteiger partial charge on any atom is -0.493 e. The van der Waals surface area contributed by atoms with Crippen LogP contribution in [0.5, 0.6) is 5.75 Å². The molecule has 1 aromatic heterocycles. The molecule has 0 bridgehead atoms. The molecule has 3 rings (SSSR count). The zero-order chi connectivity index (χ0) is 13.2. The van der Waals surface area contributed by atoms with E-state index in [4.69, 9.17) is 4.74 Å². The van der Waals surface area contributed by atoms with Crippen LogP contribution < -0.4 is 10.1 Å². The van der Waals surface area contributed by atoms with Crippen molar-refractivity contribution in [1.29, 1.82) is 0 Å². The summed E-state index contributed by atoms with van der Waals surface area (Å²) in [6.07, 6.45) is 4.69. The van der Waals surface area contributed by atoms with E-state index in [2.05, 4.69) is 50.5 Å². The van der Waals surface area contributed by atoms with Crippen LogP contribution in [-0.2, 0) is 6.42 Å². The van der Waals surface area contributed by atoms with E-state index in [-0.39, 0.29) is 6.04 Å². The molecule has 19 heavy (non-hydrogen) atoms. The third kappa shape index (κ3) is 2.51. The van der Waals surface area contributed by atoms with Crippen molar-refractivity contribution in [2.75, 3.05) is 13.7 Å². The summed E-state index contributed by atoms with van der Waals surface area (Å²) in [7, 11) is 1.97. The summed E-state index contributed by atoms with van der Waals surface area (Å²) in [5.74, 6) is 1.02. The van der Waals surface area contributed by atoms with Crippen LogP contribution in [0.4, 0.5) is 0 Å². The largest absolute Gasteiger partial charge is 0.493 e. The molecule has 1 N–H and O–H groups in total. The molecule has 0 saturated carbocycles. The fraction of sp³-hybridized carbons (Fsp3) is 0.267. The van der Waals surface area contributed by atoms with Crippen molar-refractivity contribution >= 4 is 15.9 Å². The Morgan fingerprint density at radius 3 is 2.95 bits per heavy atom. The van der Waals surface area contributed by atoms with Crippen molar-refractivity contribution in [2.24, 2.45) is 0 Å². The third-order valence-electron chi connectivity index (χ3n) is 3.39. The van der Waals surface area contributed by atoms with Gasteiger partial charge in [0, 0.05) is 23.3 Å². The van der Waals surface area contributed by atoms with Crippen molar-refractivity contribution < 1.29 is 4.74 Å². The lowest BCUT2D eigenvalue weighted by Crippen LogP contribution is -2.18. The average Bonchev–Trinajstić information content (AvgIpc) is 2.87. The minimum atomic E-state index is 0.149. The highest BCUT2D eigenvalue weighted by molar-refractivity contribution is 9.10. The molecule has 2 heterocycles. The van der Waals surface area contributed by atoms with E-state index in [0.29, 0.717) is 0 Å². The zero-order valence-electron chi connectivity index (χ0n) is 10.7. The Morgan fingerprint density at radius 1 is 1.26 bits per heavy atom. The Balaban J connectivity index is 1.98. The van der Waals surface area contributed by atoms with Gasteiger partial charge in [-0.2, -0.15) is 0 Å². The van der Waals surface area contributed by atoms with Gasteiger partial charge in [0.2, 0.25) is 0 Å². The fourth-order valence-corrected chi connectivity index (χ4v) is 2.88. The molecule has 98 valence electrons. The molecule has 0 spiro atoms. The van der Waals surface area contributed by atoms with Crippen LogP contribution >= 0.6 is 15.9 Å². The number of nitrogens with one attached hydrogen (secondary N) is 1. The Kier molecular flexibility index (Phi) is 3.53. The van der Waals surface area contributed by atoms with Crippen molar-refractivity contribution in [3.05, 3.63) is 57.8 Å². The van der Waals surface area contributed by atoms with E-state index < -0.39 is 0 Å². The number of aromatic nitrogens is 1. The van der Waals surface area contributed by atoms with Gasteiger partial charge in [-0.15, -0.1) is 0 Å². The molecule has 0 amide bonds. The highest BCUT2D eigenvalue weighted by Gasteiger charge is 2.17. The summed E-state index contributed by atoms with van der Waals surface area (Å²) >= 11 is 3.47. The van der Waals surface area contributed by atoms with Crippen LogP contribution in [0.1, 0.15) is 22.7 Å². The van der Waals surface area contributed by atoms with Crippen molar-refractivity contribution in [1.82, 2.24) is 10.3 Å². The molecule has 1 aromatic carbocycles. The summed E-state index contributed by atoms with van der Waals surface area (Å²) in [6.45, 7) is 0.793. The molecule has 2 aromatic rings. The third-order valence-corrected chi connectivity index (χ3v) is 3.83. The normalized spacial score (nSPS) is 14.8. The van der Waals surface area contributed by atoms with Crippen molar-refractivity contribution in [3.8, 4) is 5.75 Å². The molecular formula is C15H15BrN2O. The standard InChI is InChI=1S/C15H15BrN2O/c1-17-15(12-7-13(16)9-18-8-12)11-2-3-14-10(6-11)4-5-19-14/h2-3,6-9,15,17H,4-5H2,1H3. The van der Waals surface area contributed by atoms with Crippen LogP contribution in [-0.4, -0.2) is 18.6 Å². The molecule has 4 heteroatoms. The monoisotopic (exact) mass is 318 g/mol. The lowest BCUT2D eigenvalue weighted by molar-refractivity contribution is 0.357. The van der Waals surface area contributed by atoms with Gasteiger partial charge < -0.3 is 10.1 Å². The molecular weight excluding hydrogens is 304 g/mol.